The summed E-state index contributed by atoms with van der Waals surface area (Å²) >= 11 is 1.48. The number of hydrogen-bond acceptors (Lipinski definition) is 4. The molecular weight excluding hydrogens is 286 g/mol. The molecule has 2 amide bonds. The Bertz CT molecular complexity index is 727. The lowest BCUT2D eigenvalue weighted by Gasteiger charge is -2.10. The molecule has 1 aliphatic heterocycles. The Morgan fingerprint density at radius 1 is 1.29 bits per heavy atom. The van der Waals surface area contributed by atoms with Gasteiger partial charge >= 0.3 is 6.03 Å². The number of aryl methyl sites for hydroxylation is 2. The highest BCUT2D eigenvalue weighted by Gasteiger charge is 2.17. The van der Waals surface area contributed by atoms with Crippen LogP contribution in [0.1, 0.15) is 23.4 Å². The van der Waals surface area contributed by atoms with Crippen LogP contribution in [-0.2, 0) is 0 Å². The highest BCUT2D eigenvalue weighted by atomic mass is 32.1. The Morgan fingerprint density at radius 2 is 2.05 bits per heavy atom. The van der Waals surface area contributed by atoms with Gasteiger partial charge in [-0.2, -0.15) is 4.99 Å². The van der Waals surface area contributed by atoms with E-state index in [-0.39, 0.29) is 6.03 Å². The van der Waals surface area contributed by atoms with E-state index in [1.54, 1.807) is 17.3 Å². The molecule has 110 valence electrons. The molecule has 0 spiro atoms. The van der Waals surface area contributed by atoms with Gasteiger partial charge in [0.1, 0.15) is 0 Å². The summed E-state index contributed by atoms with van der Waals surface area (Å²) in [6.45, 7) is 5.49. The first kappa shape index (κ1) is 13.9. The molecule has 0 atom stereocenters. The monoisotopic (exact) mass is 303 g/mol. The lowest BCUT2D eigenvalue weighted by molar-refractivity contribution is 0.218. The number of nitrogens with zero attached hydrogens (tertiary/aromatic N) is 5. The Hall–Kier alpha value is -2.02. The minimum atomic E-state index is -0.163. The predicted octanol–water partition coefficient (Wildman–Crippen LogP) is 2.06. The van der Waals surface area contributed by atoms with Crippen LogP contribution in [0.25, 0.3) is 5.82 Å². The largest absolute Gasteiger partial charge is 0.346 e. The summed E-state index contributed by atoms with van der Waals surface area (Å²) in [4.78, 5) is 28.6. The van der Waals surface area contributed by atoms with Crippen molar-refractivity contribution in [2.75, 3.05) is 13.1 Å². The Morgan fingerprint density at radius 3 is 2.76 bits per heavy atom. The first-order valence-corrected chi connectivity index (χ1v) is 7.77. The molecule has 0 aliphatic carbocycles. The number of carbonyl (C=O) groups excluding carboxylic acids is 1. The van der Waals surface area contributed by atoms with Gasteiger partial charge in [0.25, 0.3) is 0 Å². The molecule has 0 N–H and O–H groups in total. The molecule has 1 aliphatic rings. The van der Waals surface area contributed by atoms with Crippen LogP contribution in [-0.4, -0.2) is 38.6 Å². The molecule has 3 heterocycles. The van der Waals surface area contributed by atoms with Gasteiger partial charge in [-0.25, -0.2) is 9.78 Å². The van der Waals surface area contributed by atoms with E-state index in [9.17, 15) is 4.79 Å². The Labute approximate surface area is 126 Å². The van der Waals surface area contributed by atoms with Crippen LogP contribution in [0.15, 0.2) is 23.6 Å². The van der Waals surface area contributed by atoms with Crippen molar-refractivity contribution in [1.29, 1.82) is 0 Å². The number of aromatic nitrogens is 3. The minimum Gasteiger partial charge on any atom is -0.323 e. The van der Waals surface area contributed by atoms with Crippen molar-refractivity contribution >= 4 is 17.4 Å². The normalized spacial score (nSPS) is 15.7. The van der Waals surface area contributed by atoms with Gasteiger partial charge < -0.3 is 4.90 Å². The summed E-state index contributed by atoms with van der Waals surface area (Å²) in [6, 6.07) is -0.163. The summed E-state index contributed by atoms with van der Waals surface area (Å²) in [5, 5.41) is 0. The second-order valence-electron chi connectivity index (χ2n) is 5.10. The van der Waals surface area contributed by atoms with Gasteiger partial charge in [0, 0.05) is 30.4 Å². The van der Waals surface area contributed by atoms with Crippen molar-refractivity contribution in [2.45, 2.75) is 26.7 Å². The average Bonchev–Trinajstić information content (AvgIpc) is 3.08. The first-order valence-electron chi connectivity index (χ1n) is 6.95. The van der Waals surface area contributed by atoms with Crippen LogP contribution in [0.2, 0.25) is 0 Å². The second kappa shape index (κ2) is 5.77. The number of carbonyl (C=O) groups is 1. The number of amides is 2. The summed E-state index contributed by atoms with van der Waals surface area (Å²) < 4.78 is 1.83. The standard InChI is InChI=1S/C14H17N5OS/c1-10-7-15-8-12(16-10)19-9-11(2)21-14(19)17-13(20)18-5-3-4-6-18/h7-9H,3-6H2,1-2H3. The van der Waals surface area contributed by atoms with Crippen molar-refractivity contribution < 1.29 is 4.79 Å². The van der Waals surface area contributed by atoms with Gasteiger partial charge in [-0.15, -0.1) is 11.3 Å². The number of rotatable bonds is 1. The molecule has 21 heavy (non-hydrogen) atoms. The van der Waals surface area contributed by atoms with Crippen LogP contribution in [0.4, 0.5) is 4.79 Å². The van der Waals surface area contributed by atoms with E-state index in [0.717, 1.165) is 36.5 Å². The summed E-state index contributed by atoms with van der Waals surface area (Å²) in [5.41, 5.74) is 0.834. The number of likely N-dealkylation sites (tertiary alicyclic amines) is 1. The van der Waals surface area contributed by atoms with Gasteiger partial charge in [0.05, 0.1) is 11.9 Å². The predicted molar refractivity (Wildman–Crippen MR) is 80.5 cm³/mol. The molecule has 0 bridgehead atoms. The molecule has 2 aromatic heterocycles. The van der Waals surface area contributed by atoms with Crippen molar-refractivity contribution in [2.24, 2.45) is 4.99 Å². The number of urea groups is 1. The van der Waals surface area contributed by atoms with E-state index in [4.69, 9.17) is 0 Å². The molecule has 0 saturated carbocycles. The summed E-state index contributed by atoms with van der Waals surface area (Å²) in [5.74, 6) is 0.687. The SMILES string of the molecule is Cc1cncc(-n2cc(C)sc2=NC(=O)N2CCCC2)n1. The van der Waals surface area contributed by atoms with Gasteiger partial charge in [0.2, 0.25) is 4.80 Å². The summed E-state index contributed by atoms with van der Waals surface area (Å²) in [6.07, 6.45) is 7.44. The average molecular weight is 303 g/mol. The third-order valence-corrected chi connectivity index (χ3v) is 4.22. The van der Waals surface area contributed by atoms with E-state index in [0.29, 0.717) is 10.6 Å². The smallest absolute Gasteiger partial charge is 0.323 e. The fourth-order valence-corrected chi connectivity index (χ4v) is 3.14. The fourth-order valence-electron chi connectivity index (χ4n) is 2.32. The third-order valence-electron chi connectivity index (χ3n) is 3.33. The Kier molecular flexibility index (Phi) is 3.83. The zero-order valence-electron chi connectivity index (χ0n) is 12.1. The molecule has 1 fully saturated rings. The lowest BCUT2D eigenvalue weighted by Crippen LogP contribution is -2.27. The molecule has 0 radical (unpaired) electrons. The first-order chi connectivity index (χ1) is 10.1. The van der Waals surface area contributed by atoms with Crippen molar-refractivity contribution in [1.82, 2.24) is 19.4 Å². The molecular formula is C14H17N5OS. The van der Waals surface area contributed by atoms with Gasteiger partial charge in [-0.1, -0.05) is 0 Å². The molecule has 0 aromatic carbocycles. The van der Waals surface area contributed by atoms with Crippen LogP contribution >= 0.6 is 11.3 Å². The maximum absolute atomic E-state index is 12.2. The zero-order chi connectivity index (χ0) is 14.8. The number of hydrogen-bond donors (Lipinski definition) is 0. The molecule has 3 rings (SSSR count). The van der Waals surface area contributed by atoms with Gasteiger partial charge in [-0.3, -0.25) is 9.55 Å². The highest BCUT2D eigenvalue weighted by Crippen LogP contribution is 2.10. The zero-order valence-corrected chi connectivity index (χ0v) is 12.9. The molecule has 2 aromatic rings. The molecule has 6 nitrogen and oxygen atoms in total. The fraction of sp³-hybridized carbons (Fsp3) is 0.429. The third kappa shape index (κ3) is 3.02. The van der Waals surface area contributed by atoms with Gasteiger partial charge in [-0.05, 0) is 26.7 Å². The van der Waals surface area contributed by atoms with E-state index in [2.05, 4.69) is 15.0 Å². The topological polar surface area (TPSA) is 63.4 Å². The lowest BCUT2D eigenvalue weighted by atomic mass is 10.4. The maximum Gasteiger partial charge on any atom is 0.346 e. The highest BCUT2D eigenvalue weighted by molar-refractivity contribution is 7.09. The van der Waals surface area contributed by atoms with Crippen molar-refractivity contribution in [3.8, 4) is 5.82 Å². The van der Waals surface area contributed by atoms with Crippen molar-refractivity contribution in [3.63, 3.8) is 0 Å². The Balaban J connectivity index is 2.01. The van der Waals surface area contributed by atoms with E-state index >= 15 is 0 Å². The van der Waals surface area contributed by atoms with E-state index in [1.165, 1.54) is 11.3 Å². The van der Waals surface area contributed by atoms with E-state index < -0.39 is 0 Å². The van der Waals surface area contributed by atoms with Crippen LogP contribution in [0, 0.1) is 13.8 Å². The summed E-state index contributed by atoms with van der Waals surface area (Å²) in [7, 11) is 0. The maximum atomic E-state index is 12.2. The minimum absolute atomic E-state index is 0.163. The van der Waals surface area contributed by atoms with Crippen LogP contribution in [0.5, 0.6) is 0 Å². The van der Waals surface area contributed by atoms with Crippen molar-refractivity contribution in [3.05, 3.63) is 34.0 Å². The molecule has 1 saturated heterocycles. The molecule has 0 unspecified atom stereocenters. The quantitative estimate of drug-likeness (QED) is 0.810. The van der Waals surface area contributed by atoms with Crippen LogP contribution < -0.4 is 4.80 Å². The van der Waals surface area contributed by atoms with Crippen LogP contribution in [0.3, 0.4) is 0 Å². The second-order valence-corrected chi connectivity index (χ2v) is 6.31. The number of thiazole rings is 1. The molecule has 7 heteroatoms. The van der Waals surface area contributed by atoms with Gasteiger partial charge in [0.15, 0.2) is 5.82 Å². The van der Waals surface area contributed by atoms with E-state index in [1.807, 2.05) is 24.6 Å².